The Morgan fingerprint density at radius 2 is 1.85 bits per heavy atom. The number of aliphatic imine (C=N–C) groups is 1. The normalized spacial score (nSPS) is 15.9. The van der Waals surface area contributed by atoms with Crippen LogP contribution in [0.2, 0.25) is 0 Å². The van der Waals surface area contributed by atoms with E-state index < -0.39 is 0 Å². The summed E-state index contributed by atoms with van der Waals surface area (Å²) in [5, 5.41) is 8.99. The zero-order valence-corrected chi connectivity index (χ0v) is 19.7. The summed E-state index contributed by atoms with van der Waals surface area (Å²) in [4.78, 5) is 9.42. The maximum atomic E-state index is 14.4. The van der Waals surface area contributed by atoms with Crippen molar-refractivity contribution in [3.05, 3.63) is 70.0 Å². The minimum Gasteiger partial charge on any atom is -0.369 e. The van der Waals surface area contributed by atoms with Crippen molar-refractivity contribution in [2.24, 2.45) is 4.99 Å². The van der Waals surface area contributed by atoms with Crippen LogP contribution in [0.4, 0.5) is 10.1 Å². The van der Waals surface area contributed by atoms with Crippen LogP contribution in [0, 0.1) is 5.82 Å². The predicted octanol–water partition coefficient (Wildman–Crippen LogP) is 3.58. The highest BCUT2D eigenvalue weighted by molar-refractivity contribution is 6.01. The molecule has 2 heterocycles. The zero-order chi connectivity index (χ0) is 23.4. The molecule has 0 bridgehead atoms. The summed E-state index contributed by atoms with van der Waals surface area (Å²) in [7, 11) is 0. The van der Waals surface area contributed by atoms with Crippen molar-refractivity contribution in [3.8, 4) is 11.3 Å². The van der Waals surface area contributed by atoms with Gasteiger partial charge in [0.25, 0.3) is 0 Å². The molecule has 0 saturated carbocycles. The molecule has 1 aliphatic rings. The average molecular weight is 446 g/mol. The van der Waals surface area contributed by atoms with Crippen LogP contribution in [0.3, 0.4) is 0 Å². The van der Waals surface area contributed by atoms with E-state index in [1.54, 1.807) is 12.3 Å². The number of anilines is 1. The first-order valence-electron chi connectivity index (χ1n) is 11.6. The van der Waals surface area contributed by atoms with E-state index in [2.05, 4.69) is 62.8 Å². The zero-order valence-electron chi connectivity index (χ0n) is 19.7. The van der Waals surface area contributed by atoms with Gasteiger partial charge in [0.2, 0.25) is 0 Å². The molecule has 4 rings (SSSR count). The molecule has 0 radical (unpaired) electrons. The number of benzene rings is 2. The van der Waals surface area contributed by atoms with Gasteiger partial charge in [-0.2, -0.15) is 5.10 Å². The molecular formula is C27H32FN5. The van der Waals surface area contributed by atoms with Gasteiger partial charge in [0.1, 0.15) is 5.82 Å². The Balaban J connectivity index is 1.55. The average Bonchev–Trinajstić information content (AvgIpc) is 3.22. The number of nitrogens with one attached hydrogen (secondary N) is 1. The molecule has 5 nitrogen and oxygen atoms in total. The number of halogens is 1. The van der Waals surface area contributed by atoms with E-state index in [0.29, 0.717) is 11.3 Å². The van der Waals surface area contributed by atoms with Gasteiger partial charge in [0.15, 0.2) is 0 Å². The molecule has 0 aliphatic carbocycles. The molecule has 33 heavy (non-hydrogen) atoms. The summed E-state index contributed by atoms with van der Waals surface area (Å²) in [5.41, 5.74) is 5.19. The summed E-state index contributed by atoms with van der Waals surface area (Å²) in [6.45, 7) is 15.7. The van der Waals surface area contributed by atoms with Crippen molar-refractivity contribution in [2.75, 3.05) is 37.6 Å². The molecule has 1 N–H and O–H groups in total. The lowest BCUT2D eigenvalue weighted by Crippen LogP contribution is -2.46. The largest absolute Gasteiger partial charge is 0.369 e. The summed E-state index contributed by atoms with van der Waals surface area (Å²) >= 11 is 0. The predicted molar refractivity (Wildman–Crippen MR) is 136 cm³/mol. The van der Waals surface area contributed by atoms with E-state index in [9.17, 15) is 4.39 Å². The highest BCUT2D eigenvalue weighted by Crippen LogP contribution is 2.21. The number of aryl methyl sites for hydroxylation is 1. The Morgan fingerprint density at radius 1 is 1.12 bits per heavy atom. The van der Waals surface area contributed by atoms with Gasteiger partial charge in [-0.1, -0.05) is 44.7 Å². The summed E-state index contributed by atoms with van der Waals surface area (Å²) in [6.07, 6.45) is 2.43. The van der Waals surface area contributed by atoms with E-state index in [1.807, 2.05) is 19.9 Å². The van der Waals surface area contributed by atoms with Crippen LogP contribution >= 0.6 is 0 Å². The second kappa shape index (κ2) is 10.1. The standard InChI is InChI=1S/C27H32FN5/c1-5-21-8-7-9-24(28)26(21)20(4)29-18-25-19(3)27(31-30-25)22-10-12-23(13-11-22)33-16-14-32(6-2)15-17-33/h7-13,18,30H,3,5-6,14-17H2,1-2,4H3/b25-18+,29-20?. The lowest BCUT2D eigenvalue weighted by Gasteiger charge is -2.35. The Hall–Kier alpha value is -3.25. The molecule has 0 spiro atoms. The molecular weight excluding hydrogens is 413 g/mol. The van der Waals surface area contributed by atoms with Crippen LogP contribution < -0.4 is 15.5 Å². The van der Waals surface area contributed by atoms with Crippen molar-refractivity contribution in [1.82, 2.24) is 15.1 Å². The molecule has 1 saturated heterocycles. The summed E-state index contributed by atoms with van der Waals surface area (Å²) < 4.78 is 14.4. The highest BCUT2D eigenvalue weighted by atomic mass is 19.1. The monoisotopic (exact) mass is 445 g/mol. The van der Waals surface area contributed by atoms with Crippen LogP contribution in [-0.2, 0) is 6.42 Å². The Morgan fingerprint density at radius 3 is 2.52 bits per heavy atom. The number of aromatic nitrogens is 2. The SMILES string of the molecule is C=c1c(-c2ccc(N3CCN(CC)CC3)cc2)n[nH]/c1=C/N=C(C)c1c(F)cccc1CC. The number of hydrogen-bond acceptors (Lipinski definition) is 4. The molecule has 2 aromatic carbocycles. The van der Waals surface area contributed by atoms with Gasteiger partial charge in [-0.05, 0) is 43.7 Å². The molecule has 0 amide bonds. The molecule has 0 unspecified atom stereocenters. The summed E-state index contributed by atoms with van der Waals surface area (Å²) in [6, 6.07) is 13.6. The third-order valence-corrected chi connectivity index (χ3v) is 6.45. The van der Waals surface area contributed by atoms with Crippen molar-refractivity contribution in [3.63, 3.8) is 0 Å². The Bertz CT molecular complexity index is 1230. The van der Waals surface area contributed by atoms with Crippen LogP contribution in [0.15, 0.2) is 47.5 Å². The van der Waals surface area contributed by atoms with Gasteiger partial charge < -0.3 is 9.80 Å². The lowest BCUT2D eigenvalue weighted by molar-refractivity contribution is 0.271. The van der Waals surface area contributed by atoms with E-state index in [-0.39, 0.29) is 5.82 Å². The Kier molecular flexibility index (Phi) is 7.04. The van der Waals surface area contributed by atoms with Gasteiger partial charge >= 0.3 is 0 Å². The number of likely N-dealkylation sites (N-methyl/N-ethyl adjacent to an activating group) is 1. The maximum Gasteiger partial charge on any atom is 0.132 e. The van der Waals surface area contributed by atoms with E-state index in [1.165, 1.54) is 11.8 Å². The van der Waals surface area contributed by atoms with Gasteiger partial charge in [-0.3, -0.25) is 10.1 Å². The van der Waals surface area contributed by atoms with Gasteiger partial charge in [-0.15, -0.1) is 0 Å². The number of rotatable bonds is 6. The van der Waals surface area contributed by atoms with Crippen molar-refractivity contribution in [1.29, 1.82) is 0 Å². The van der Waals surface area contributed by atoms with E-state index in [4.69, 9.17) is 0 Å². The Labute approximate surface area is 195 Å². The van der Waals surface area contributed by atoms with Gasteiger partial charge in [0.05, 0.1) is 17.2 Å². The van der Waals surface area contributed by atoms with Crippen molar-refractivity contribution in [2.45, 2.75) is 27.2 Å². The molecule has 1 aliphatic heterocycles. The number of piperazine rings is 1. The van der Waals surface area contributed by atoms with Crippen LogP contribution in [0.5, 0.6) is 0 Å². The minimum absolute atomic E-state index is 0.250. The van der Waals surface area contributed by atoms with Gasteiger partial charge in [-0.25, -0.2) is 4.39 Å². The molecule has 0 atom stereocenters. The number of nitrogens with zero attached hydrogens (tertiary/aromatic N) is 4. The lowest BCUT2D eigenvalue weighted by atomic mass is 10.0. The molecule has 1 aromatic heterocycles. The third kappa shape index (κ3) is 4.91. The van der Waals surface area contributed by atoms with E-state index in [0.717, 1.165) is 66.5 Å². The van der Waals surface area contributed by atoms with Crippen LogP contribution in [0.1, 0.15) is 31.9 Å². The first-order valence-corrected chi connectivity index (χ1v) is 11.6. The topological polar surface area (TPSA) is 47.5 Å². The number of H-pyrrole nitrogens is 1. The van der Waals surface area contributed by atoms with Gasteiger partial charge in [0, 0.05) is 53.9 Å². The van der Waals surface area contributed by atoms with E-state index >= 15 is 0 Å². The molecule has 3 aromatic rings. The smallest absolute Gasteiger partial charge is 0.132 e. The second-order valence-corrected chi connectivity index (χ2v) is 8.40. The second-order valence-electron chi connectivity index (χ2n) is 8.40. The van der Waals surface area contributed by atoms with Crippen LogP contribution in [-0.4, -0.2) is 53.5 Å². The van der Waals surface area contributed by atoms with Crippen molar-refractivity contribution < 1.29 is 4.39 Å². The molecule has 172 valence electrons. The first-order chi connectivity index (χ1) is 16.0. The fraction of sp³-hybridized carbons (Fsp3) is 0.333. The first kappa shape index (κ1) is 22.9. The minimum atomic E-state index is -0.250. The highest BCUT2D eigenvalue weighted by Gasteiger charge is 2.16. The number of aromatic amines is 1. The quantitative estimate of drug-likeness (QED) is 0.590. The fourth-order valence-corrected chi connectivity index (χ4v) is 4.37. The maximum absolute atomic E-state index is 14.4. The summed E-state index contributed by atoms with van der Waals surface area (Å²) in [5.74, 6) is -0.250. The third-order valence-electron chi connectivity index (χ3n) is 6.45. The number of hydrogen-bond donors (Lipinski definition) is 1. The fourth-order valence-electron chi connectivity index (χ4n) is 4.37. The molecule has 6 heteroatoms. The van der Waals surface area contributed by atoms with Crippen LogP contribution in [0.25, 0.3) is 24.0 Å². The molecule has 1 fully saturated rings. The van der Waals surface area contributed by atoms with Crippen molar-refractivity contribution >= 4 is 24.2 Å².